The first kappa shape index (κ1) is 12.6. The van der Waals surface area contributed by atoms with Crippen LogP contribution in [0.2, 0.25) is 0 Å². The maximum Gasteiger partial charge on any atom is 0.254 e. The van der Waals surface area contributed by atoms with Crippen LogP contribution in [0.25, 0.3) is 0 Å². The van der Waals surface area contributed by atoms with E-state index in [2.05, 4.69) is 0 Å². The van der Waals surface area contributed by atoms with E-state index in [1.54, 1.807) is 40.5 Å². The first-order chi connectivity index (χ1) is 8.59. The first-order valence-corrected chi connectivity index (χ1v) is 6.63. The molecule has 18 heavy (non-hydrogen) atoms. The van der Waals surface area contributed by atoms with Crippen molar-refractivity contribution in [1.82, 2.24) is 4.90 Å². The third-order valence-electron chi connectivity index (χ3n) is 2.99. The molecule has 0 saturated heterocycles. The van der Waals surface area contributed by atoms with Gasteiger partial charge in [0.15, 0.2) is 0 Å². The Balaban J connectivity index is 2.19. The second-order valence-electron chi connectivity index (χ2n) is 4.23. The summed E-state index contributed by atoms with van der Waals surface area (Å²) >= 11 is 1.66. The van der Waals surface area contributed by atoms with Crippen molar-refractivity contribution < 1.29 is 4.79 Å². The highest BCUT2D eigenvalue weighted by molar-refractivity contribution is 7.10. The second kappa shape index (κ2) is 5.23. The molecule has 0 radical (unpaired) electrons. The minimum atomic E-state index is -0.0109. The van der Waals surface area contributed by atoms with Crippen LogP contribution in [0.15, 0.2) is 41.8 Å². The molecule has 1 atom stereocenters. The van der Waals surface area contributed by atoms with E-state index in [1.807, 2.05) is 31.5 Å². The van der Waals surface area contributed by atoms with Gasteiger partial charge in [-0.3, -0.25) is 4.79 Å². The number of carbonyl (C=O) groups is 1. The molecule has 2 rings (SSSR count). The smallest absolute Gasteiger partial charge is 0.254 e. The molecule has 1 unspecified atom stereocenters. The fourth-order valence-electron chi connectivity index (χ4n) is 1.77. The zero-order valence-electron chi connectivity index (χ0n) is 10.5. The molecule has 1 aromatic heterocycles. The molecule has 2 aromatic rings. The lowest BCUT2D eigenvalue weighted by molar-refractivity contribution is 0.0745. The number of nitrogen functional groups attached to an aromatic ring is 1. The summed E-state index contributed by atoms with van der Waals surface area (Å²) in [5, 5.41) is 2.02. The summed E-state index contributed by atoms with van der Waals surface area (Å²) in [7, 11) is 1.82. The van der Waals surface area contributed by atoms with Gasteiger partial charge in [-0.2, -0.15) is 0 Å². The quantitative estimate of drug-likeness (QED) is 0.862. The normalized spacial score (nSPS) is 12.1. The van der Waals surface area contributed by atoms with Gasteiger partial charge in [0.05, 0.1) is 6.04 Å². The summed E-state index contributed by atoms with van der Waals surface area (Å²) < 4.78 is 0. The molecule has 3 nitrogen and oxygen atoms in total. The van der Waals surface area contributed by atoms with Gasteiger partial charge >= 0.3 is 0 Å². The van der Waals surface area contributed by atoms with Crippen molar-refractivity contribution in [2.45, 2.75) is 13.0 Å². The molecule has 0 aliphatic rings. The highest BCUT2D eigenvalue weighted by Gasteiger charge is 2.19. The van der Waals surface area contributed by atoms with E-state index in [4.69, 9.17) is 5.73 Å². The van der Waals surface area contributed by atoms with Crippen LogP contribution >= 0.6 is 11.3 Å². The van der Waals surface area contributed by atoms with Gasteiger partial charge in [-0.1, -0.05) is 12.1 Å². The summed E-state index contributed by atoms with van der Waals surface area (Å²) in [6.07, 6.45) is 0. The van der Waals surface area contributed by atoms with Gasteiger partial charge in [0.25, 0.3) is 5.91 Å². The van der Waals surface area contributed by atoms with Crippen LogP contribution in [0.1, 0.15) is 28.2 Å². The summed E-state index contributed by atoms with van der Waals surface area (Å²) in [6, 6.07) is 11.2. The molecule has 94 valence electrons. The fourth-order valence-corrected chi connectivity index (χ4v) is 2.60. The van der Waals surface area contributed by atoms with E-state index in [-0.39, 0.29) is 11.9 Å². The maximum absolute atomic E-state index is 12.3. The van der Waals surface area contributed by atoms with Gasteiger partial charge in [0.1, 0.15) is 0 Å². The van der Waals surface area contributed by atoms with E-state index in [0.29, 0.717) is 11.3 Å². The van der Waals surface area contributed by atoms with Crippen molar-refractivity contribution in [2.75, 3.05) is 12.8 Å². The minimum absolute atomic E-state index is 0.0109. The van der Waals surface area contributed by atoms with Gasteiger partial charge in [-0.25, -0.2) is 0 Å². The zero-order valence-corrected chi connectivity index (χ0v) is 11.3. The van der Waals surface area contributed by atoms with E-state index in [1.165, 1.54) is 4.88 Å². The molecule has 1 amide bonds. The number of rotatable bonds is 3. The summed E-state index contributed by atoms with van der Waals surface area (Å²) in [5.74, 6) is -0.0109. The summed E-state index contributed by atoms with van der Waals surface area (Å²) in [6.45, 7) is 2.02. The second-order valence-corrected chi connectivity index (χ2v) is 5.21. The molecule has 0 spiro atoms. The van der Waals surface area contributed by atoms with E-state index in [9.17, 15) is 4.79 Å². The lowest BCUT2D eigenvalue weighted by Crippen LogP contribution is -2.29. The molecule has 1 aromatic carbocycles. The standard InChI is InChI=1S/C14H16N2OS/c1-10(13-7-4-8-18-13)16(2)14(17)11-5-3-6-12(15)9-11/h3-10H,15H2,1-2H3. The van der Waals surface area contributed by atoms with E-state index >= 15 is 0 Å². The number of hydrogen-bond donors (Lipinski definition) is 1. The largest absolute Gasteiger partial charge is 0.399 e. The van der Waals surface area contributed by atoms with Crippen LogP contribution in [0, 0.1) is 0 Å². The number of nitrogens with zero attached hydrogens (tertiary/aromatic N) is 1. The maximum atomic E-state index is 12.3. The Hall–Kier alpha value is -1.81. The van der Waals surface area contributed by atoms with Crippen LogP contribution in [0.5, 0.6) is 0 Å². The average molecular weight is 260 g/mol. The third-order valence-corrected chi connectivity index (χ3v) is 4.03. The fraction of sp³-hybridized carbons (Fsp3) is 0.214. The summed E-state index contributed by atoms with van der Waals surface area (Å²) in [4.78, 5) is 15.2. The van der Waals surface area contributed by atoms with Crippen LogP contribution < -0.4 is 5.73 Å². The number of thiophene rings is 1. The Labute approximate surface area is 111 Å². The molecule has 0 saturated carbocycles. The Morgan fingerprint density at radius 1 is 1.33 bits per heavy atom. The predicted octanol–water partition coefficient (Wildman–Crippen LogP) is 3.16. The zero-order chi connectivity index (χ0) is 13.1. The van der Waals surface area contributed by atoms with Gasteiger partial charge in [0.2, 0.25) is 0 Å². The minimum Gasteiger partial charge on any atom is -0.399 e. The Morgan fingerprint density at radius 3 is 2.72 bits per heavy atom. The van der Waals surface area contributed by atoms with Crippen molar-refractivity contribution in [3.63, 3.8) is 0 Å². The Kier molecular flexibility index (Phi) is 3.67. The van der Waals surface area contributed by atoms with Crippen molar-refractivity contribution in [2.24, 2.45) is 0 Å². The van der Waals surface area contributed by atoms with Crippen molar-refractivity contribution in [3.8, 4) is 0 Å². The highest BCUT2D eigenvalue weighted by Crippen LogP contribution is 2.24. The molecule has 0 aliphatic carbocycles. The van der Waals surface area contributed by atoms with Crippen molar-refractivity contribution >= 4 is 22.9 Å². The lowest BCUT2D eigenvalue weighted by Gasteiger charge is -2.24. The van der Waals surface area contributed by atoms with Gasteiger partial charge in [-0.15, -0.1) is 11.3 Å². The van der Waals surface area contributed by atoms with Crippen LogP contribution in [0.4, 0.5) is 5.69 Å². The molecule has 2 N–H and O–H groups in total. The number of benzene rings is 1. The van der Waals surface area contributed by atoms with Gasteiger partial charge < -0.3 is 10.6 Å². The number of anilines is 1. The molecular weight excluding hydrogens is 244 g/mol. The third kappa shape index (κ3) is 2.54. The van der Waals surface area contributed by atoms with Gasteiger partial charge in [-0.05, 0) is 36.6 Å². The first-order valence-electron chi connectivity index (χ1n) is 5.75. The highest BCUT2D eigenvalue weighted by atomic mass is 32.1. The topological polar surface area (TPSA) is 46.3 Å². The van der Waals surface area contributed by atoms with Crippen molar-refractivity contribution in [3.05, 3.63) is 52.2 Å². The van der Waals surface area contributed by atoms with Crippen LogP contribution in [-0.4, -0.2) is 17.9 Å². The van der Waals surface area contributed by atoms with Crippen molar-refractivity contribution in [1.29, 1.82) is 0 Å². The van der Waals surface area contributed by atoms with Crippen LogP contribution in [0.3, 0.4) is 0 Å². The molecule has 0 bridgehead atoms. The lowest BCUT2D eigenvalue weighted by atomic mass is 10.1. The number of hydrogen-bond acceptors (Lipinski definition) is 3. The number of amides is 1. The molecule has 0 aliphatic heterocycles. The summed E-state index contributed by atoms with van der Waals surface area (Å²) in [5.41, 5.74) is 6.93. The van der Waals surface area contributed by atoms with E-state index < -0.39 is 0 Å². The predicted molar refractivity (Wildman–Crippen MR) is 75.7 cm³/mol. The number of nitrogens with two attached hydrogens (primary N) is 1. The average Bonchev–Trinajstić information content (AvgIpc) is 2.90. The molecule has 1 heterocycles. The SMILES string of the molecule is CC(c1cccs1)N(C)C(=O)c1cccc(N)c1. The Bertz CT molecular complexity index is 536. The molecular formula is C14H16N2OS. The van der Waals surface area contributed by atoms with Gasteiger partial charge in [0, 0.05) is 23.2 Å². The van der Waals surface area contributed by atoms with Crippen LogP contribution in [-0.2, 0) is 0 Å². The molecule has 0 fully saturated rings. The Morgan fingerprint density at radius 2 is 2.11 bits per heavy atom. The monoisotopic (exact) mass is 260 g/mol. The van der Waals surface area contributed by atoms with E-state index in [0.717, 1.165) is 0 Å². The molecule has 4 heteroatoms. The number of carbonyl (C=O) groups excluding carboxylic acids is 1.